The Morgan fingerprint density at radius 1 is 1.45 bits per heavy atom. The average Bonchev–Trinajstić information content (AvgIpc) is 3.10. The van der Waals surface area contributed by atoms with Gasteiger partial charge in [0.25, 0.3) is 0 Å². The lowest BCUT2D eigenvalue weighted by molar-refractivity contribution is 0.0144. The molecule has 1 aliphatic rings. The van der Waals surface area contributed by atoms with Gasteiger partial charge >= 0.3 is 6.03 Å². The van der Waals surface area contributed by atoms with Crippen LogP contribution >= 0.6 is 11.5 Å². The van der Waals surface area contributed by atoms with Gasteiger partial charge in [-0.2, -0.15) is 0 Å². The Balaban J connectivity index is 1.66. The van der Waals surface area contributed by atoms with Crippen LogP contribution in [-0.4, -0.2) is 46.3 Å². The van der Waals surface area contributed by atoms with Gasteiger partial charge in [0, 0.05) is 23.2 Å². The third-order valence-corrected chi connectivity index (χ3v) is 4.26. The quantitative estimate of drug-likeness (QED) is 0.945. The van der Waals surface area contributed by atoms with Gasteiger partial charge in [-0.25, -0.2) is 4.79 Å². The minimum Gasteiger partial charge on any atom is -0.377 e. The number of carbonyl (C=O) groups excluding carboxylic acids is 1. The summed E-state index contributed by atoms with van der Waals surface area (Å²) in [5.41, 5.74) is 2.62. The zero-order valence-corrected chi connectivity index (χ0v) is 13.2. The van der Waals surface area contributed by atoms with E-state index in [1.165, 1.54) is 11.5 Å². The normalized spacial score (nSPS) is 18.2. The van der Waals surface area contributed by atoms with Crippen molar-refractivity contribution >= 4 is 23.3 Å². The average molecular weight is 318 g/mol. The van der Waals surface area contributed by atoms with Gasteiger partial charge in [-0.15, -0.1) is 5.10 Å². The summed E-state index contributed by atoms with van der Waals surface area (Å²) in [4.78, 5) is 14.2. The minimum atomic E-state index is -0.0711. The van der Waals surface area contributed by atoms with Gasteiger partial charge in [0.2, 0.25) is 0 Å². The van der Waals surface area contributed by atoms with E-state index >= 15 is 0 Å². The monoisotopic (exact) mass is 318 g/mol. The largest absolute Gasteiger partial charge is 0.377 e. The fourth-order valence-corrected chi connectivity index (χ4v) is 2.94. The number of aromatic nitrogens is 2. The Hall–Kier alpha value is -1.99. The summed E-state index contributed by atoms with van der Waals surface area (Å²) in [6.45, 7) is 3.91. The highest BCUT2D eigenvalue weighted by Crippen LogP contribution is 2.21. The van der Waals surface area contributed by atoms with Crippen LogP contribution < -0.4 is 5.32 Å². The molecule has 1 fully saturated rings. The molecule has 1 aromatic heterocycles. The molecule has 0 spiro atoms. The number of nitrogens with one attached hydrogen (secondary N) is 1. The molecule has 1 saturated heterocycles. The van der Waals surface area contributed by atoms with E-state index in [0.29, 0.717) is 19.8 Å². The first-order valence-corrected chi connectivity index (χ1v) is 8.14. The van der Waals surface area contributed by atoms with Gasteiger partial charge in [-0.3, -0.25) is 0 Å². The van der Waals surface area contributed by atoms with Gasteiger partial charge in [0.15, 0.2) is 0 Å². The summed E-state index contributed by atoms with van der Waals surface area (Å²) in [7, 11) is 0. The van der Waals surface area contributed by atoms with Crippen LogP contribution in [0.15, 0.2) is 29.6 Å². The summed E-state index contributed by atoms with van der Waals surface area (Å²) in [5.74, 6) is 0. The lowest BCUT2D eigenvalue weighted by Crippen LogP contribution is -2.50. The van der Waals surface area contributed by atoms with Crippen molar-refractivity contribution in [2.75, 3.05) is 25.1 Å². The van der Waals surface area contributed by atoms with Crippen LogP contribution in [0, 0.1) is 0 Å². The Morgan fingerprint density at radius 3 is 2.95 bits per heavy atom. The first kappa shape index (κ1) is 14.9. The van der Waals surface area contributed by atoms with Crippen molar-refractivity contribution in [3.05, 3.63) is 29.6 Å². The maximum atomic E-state index is 12.4. The third kappa shape index (κ3) is 3.26. The minimum absolute atomic E-state index is 0.0711. The number of hydrogen-bond acceptors (Lipinski definition) is 5. The molecule has 1 aliphatic heterocycles. The molecule has 2 aromatic rings. The molecule has 0 unspecified atom stereocenters. The molecule has 22 heavy (non-hydrogen) atoms. The molecule has 1 aromatic carbocycles. The fourth-order valence-electron chi connectivity index (χ4n) is 2.47. The van der Waals surface area contributed by atoms with Gasteiger partial charge in [-0.05, 0) is 30.1 Å². The topological polar surface area (TPSA) is 67.3 Å². The number of urea groups is 1. The van der Waals surface area contributed by atoms with Gasteiger partial charge in [0.1, 0.15) is 5.69 Å². The number of amides is 2. The first-order valence-electron chi connectivity index (χ1n) is 7.31. The summed E-state index contributed by atoms with van der Waals surface area (Å²) < 4.78 is 9.28. The molecular formula is C15H18N4O2S. The number of rotatable bonds is 3. The SMILES string of the molecule is CC[C@@H]1COCCN1C(=O)Nc1ccc(-c2csnn2)cc1. The van der Waals surface area contributed by atoms with E-state index in [1.807, 2.05) is 34.5 Å². The van der Waals surface area contributed by atoms with Crippen molar-refractivity contribution in [3.63, 3.8) is 0 Å². The lowest BCUT2D eigenvalue weighted by Gasteiger charge is -2.35. The predicted molar refractivity (Wildman–Crippen MR) is 86.0 cm³/mol. The van der Waals surface area contributed by atoms with E-state index in [0.717, 1.165) is 23.4 Å². The molecule has 116 valence electrons. The van der Waals surface area contributed by atoms with Crippen LogP contribution in [0.1, 0.15) is 13.3 Å². The van der Waals surface area contributed by atoms with E-state index in [-0.39, 0.29) is 12.1 Å². The van der Waals surface area contributed by atoms with E-state index in [1.54, 1.807) is 0 Å². The summed E-state index contributed by atoms with van der Waals surface area (Å²) in [6.07, 6.45) is 0.892. The highest BCUT2D eigenvalue weighted by molar-refractivity contribution is 7.03. The van der Waals surface area contributed by atoms with Crippen molar-refractivity contribution < 1.29 is 9.53 Å². The highest BCUT2D eigenvalue weighted by atomic mass is 32.1. The number of morpholine rings is 1. The van der Waals surface area contributed by atoms with Crippen LogP contribution in [0.5, 0.6) is 0 Å². The maximum Gasteiger partial charge on any atom is 0.322 e. The van der Waals surface area contributed by atoms with Crippen LogP contribution in [-0.2, 0) is 4.74 Å². The number of anilines is 1. The zero-order chi connectivity index (χ0) is 15.4. The number of ether oxygens (including phenoxy) is 1. The van der Waals surface area contributed by atoms with E-state index in [4.69, 9.17) is 4.74 Å². The lowest BCUT2D eigenvalue weighted by atomic mass is 10.1. The van der Waals surface area contributed by atoms with Crippen LogP contribution in [0.2, 0.25) is 0 Å². The Labute approximate surface area is 133 Å². The smallest absolute Gasteiger partial charge is 0.322 e. The number of carbonyl (C=O) groups is 1. The van der Waals surface area contributed by atoms with Crippen molar-refractivity contribution in [3.8, 4) is 11.3 Å². The second-order valence-electron chi connectivity index (χ2n) is 5.13. The zero-order valence-electron chi connectivity index (χ0n) is 12.4. The first-order chi connectivity index (χ1) is 10.8. The van der Waals surface area contributed by atoms with Gasteiger partial charge in [0.05, 0.1) is 19.3 Å². The molecule has 0 bridgehead atoms. The standard InChI is InChI=1S/C15H18N4O2S/c1-2-13-9-21-8-7-19(13)15(20)16-12-5-3-11(4-6-12)14-10-22-18-17-14/h3-6,10,13H,2,7-9H2,1H3,(H,16,20)/t13-/m1/s1. The second-order valence-corrected chi connectivity index (χ2v) is 5.74. The van der Waals surface area contributed by atoms with Crippen molar-refractivity contribution in [2.45, 2.75) is 19.4 Å². The van der Waals surface area contributed by atoms with E-state index in [9.17, 15) is 4.79 Å². The van der Waals surface area contributed by atoms with Crippen molar-refractivity contribution in [2.24, 2.45) is 0 Å². The fraction of sp³-hybridized carbons (Fsp3) is 0.400. The molecule has 6 nitrogen and oxygen atoms in total. The molecule has 1 N–H and O–H groups in total. The van der Waals surface area contributed by atoms with Crippen LogP contribution in [0.4, 0.5) is 10.5 Å². The molecule has 7 heteroatoms. The molecule has 0 aliphatic carbocycles. The molecule has 3 rings (SSSR count). The summed E-state index contributed by atoms with van der Waals surface area (Å²) in [5, 5.41) is 8.87. The van der Waals surface area contributed by atoms with Gasteiger partial charge < -0.3 is 15.0 Å². The molecule has 0 saturated carbocycles. The number of nitrogens with zero attached hydrogens (tertiary/aromatic N) is 3. The van der Waals surface area contributed by atoms with Crippen molar-refractivity contribution in [1.82, 2.24) is 14.5 Å². The van der Waals surface area contributed by atoms with E-state index < -0.39 is 0 Å². The number of benzene rings is 1. The molecular weight excluding hydrogens is 300 g/mol. The molecule has 2 heterocycles. The third-order valence-electron chi connectivity index (χ3n) is 3.75. The Bertz CT molecular complexity index is 615. The van der Waals surface area contributed by atoms with Gasteiger partial charge in [-0.1, -0.05) is 23.5 Å². The molecule has 0 radical (unpaired) electrons. The Morgan fingerprint density at radius 2 is 2.27 bits per heavy atom. The maximum absolute atomic E-state index is 12.4. The van der Waals surface area contributed by atoms with E-state index in [2.05, 4.69) is 21.8 Å². The number of hydrogen-bond donors (Lipinski definition) is 1. The van der Waals surface area contributed by atoms with Crippen LogP contribution in [0.3, 0.4) is 0 Å². The second kappa shape index (κ2) is 6.85. The van der Waals surface area contributed by atoms with Crippen molar-refractivity contribution in [1.29, 1.82) is 0 Å². The molecule has 1 atom stereocenters. The predicted octanol–water partition coefficient (Wildman–Crippen LogP) is 2.85. The Kier molecular flexibility index (Phi) is 4.65. The van der Waals surface area contributed by atoms with Crippen LogP contribution in [0.25, 0.3) is 11.3 Å². The highest BCUT2D eigenvalue weighted by Gasteiger charge is 2.25. The molecule has 2 amide bonds. The summed E-state index contributed by atoms with van der Waals surface area (Å²) in [6, 6.07) is 7.71. The summed E-state index contributed by atoms with van der Waals surface area (Å²) >= 11 is 1.32.